The molecule has 0 aromatic heterocycles. The molecule has 1 fully saturated rings. The molecule has 0 N–H and O–H groups in total. The lowest BCUT2D eigenvalue weighted by molar-refractivity contribution is -0.113. The SMILES string of the molecule is COc1ccc(N2C(=O)C(=Cc3cccc(OCc4ccc(Cl)cc4)c3)SC2=S)cc1. The fourth-order valence-corrected chi connectivity index (χ4v) is 4.44. The van der Waals surface area contributed by atoms with Crippen molar-refractivity contribution < 1.29 is 14.3 Å². The number of hydrogen-bond donors (Lipinski definition) is 0. The summed E-state index contributed by atoms with van der Waals surface area (Å²) in [6, 6.07) is 22.4. The van der Waals surface area contributed by atoms with Crippen LogP contribution in [0.2, 0.25) is 5.02 Å². The minimum Gasteiger partial charge on any atom is -0.497 e. The molecule has 0 bridgehead atoms. The van der Waals surface area contributed by atoms with E-state index in [1.807, 2.05) is 66.7 Å². The summed E-state index contributed by atoms with van der Waals surface area (Å²) in [5, 5.41) is 0.692. The van der Waals surface area contributed by atoms with Crippen LogP contribution >= 0.6 is 35.6 Å². The van der Waals surface area contributed by atoms with Crippen molar-refractivity contribution in [1.82, 2.24) is 0 Å². The quantitative estimate of drug-likeness (QED) is 0.312. The Hall–Kier alpha value is -2.80. The largest absolute Gasteiger partial charge is 0.497 e. The molecular weight excluding hydrogens is 450 g/mol. The Labute approximate surface area is 195 Å². The maximum absolute atomic E-state index is 13.0. The molecule has 7 heteroatoms. The lowest BCUT2D eigenvalue weighted by atomic mass is 10.2. The van der Waals surface area contributed by atoms with Gasteiger partial charge in [-0.1, -0.05) is 59.8 Å². The Morgan fingerprint density at radius 3 is 2.48 bits per heavy atom. The molecular formula is C24H18ClNO3S2. The minimum absolute atomic E-state index is 0.146. The second kappa shape index (κ2) is 9.56. The van der Waals surface area contributed by atoms with Gasteiger partial charge in [0.15, 0.2) is 4.32 Å². The molecule has 156 valence electrons. The molecule has 0 saturated carbocycles. The number of ether oxygens (including phenoxy) is 2. The van der Waals surface area contributed by atoms with Crippen LogP contribution in [0.15, 0.2) is 77.7 Å². The Morgan fingerprint density at radius 1 is 1.03 bits per heavy atom. The second-order valence-corrected chi connectivity index (χ2v) is 8.81. The summed E-state index contributed by atoms with van der Waals surface area (Å²) in [6.45, 7) is 0.431. The molecule has 4 rings (SSSR count). The van der Waals surface area contributed by atoms with Crippen LogP contribution in [0.25, 0.3) is 6.08 Å². The summed E-state index contributed by atoms with van der Waals surface area (Å²) >= 11 is 12.7. The second-order valence-electron chi connectivity index (χ2n) is 6.70. The van der Waals surface area contributed by atoms with Crippen molar-refractivity contribution in [1.29, 1.82) is 0 Å². The Balaban J connectivity index is 1.49. The number of halogens is 1. The zero-order valence-electron chi connectivity index (χ0n) is 16.6. The van der Waals surface area contributed by atoms with E-state index in [-0.39, 0.29) is 5.91 Å². The zero-order valence-corrected chi connectivity index (χ0v) is 19.0. The molecule has 1 aliphatic rings. The molecule has 0 unspecified atom stereocenters. The number of anilines is 1. The van der Waals surface area contributed by atoms with Gasteiger partial charge in [0.05, 0.1) is 17.7 Å². The summed E-state index contributed by atoms with van der Waals surface area (Å²) in [7, 11) is 1.60. The van der Waals surface area contributed by atoms with Gasteiger partial charge >= 0.3 is 0 Å². The third-order valence-electron chi connectivity index (χ3n) is 4.60. The van der Waals surface area contributed by atoms with Gasteiger partial charge in [0.1, 0.15) is 18.1 Å². The fourth-order valence-electron chi connectivity index (χ4n) is 3.01. The molecule has 1 saturated heterocycles. The highest BCUT2D eigenvalue weighted by atomic mass is 35.5. The van der Waals surface area contributed by atoms with Crippen LogP contribution in [-0.4, -0.2) is 17.3 Å². The van der Waals surface area contributed by atoms with Gasteiger partial charge in [-0.25, -0.2) is 0 Å². The van der Waals surface area contributed by atoms with Crippen molar-refractivity contribution in [2.24, 2.45) is 0 Å². The van der Waals surface area contributed by atoms with Gasteiger partial charge in [0.25, 0.3) is 5.91 Å². The number of benzene rings is 3. The topological polar surface area (TPSA) is 38.8 Å². The lowest BCUT2D eigenvalue weighted by Gasteiger charge is -2.14. The molecule has 1 amide bonds. The third-order valence-corrected chi connectivity index (χ3v) is 6.15. The van der Waals surface area contributed by atoms with Crippen molar-refractivity contribution in [2.45, 2.75) is 6.61 Å². The number of carbonyl (C=O) groups is 1. The van der Waals surface area contributed by atoms with Gasteiger partial charge in [0, 0.05) is 5.02 Å². The highest BCUT2D eigenvalue weighted by Gasteiger charge is 2.33. The lowest BCUT2D eigenvalue weighted by Crippen LogP contribution is -2.27. The van der Waals surface area contributed by atoms with Crippen molar-refractivity contribution in [2.75, 3.05) is 12.0 Å². The van der Waals surface area contributed by atoms with Crippen LogP contribution in [-0.2, 0) is 11.4 Å². The van der Waals surface area contributed by atoms with Crippen LogP contribution in [0.4, 0.5) is 5.69 Å². The van der Waals surface area contributed by atoms with Crippen LogP contribution in [0.3, 0.4) is 0 Å². The number of thiocarbonyl (C=S) groups is 1. The van der Waals surface area contributed by atoms with Crippen molar-refractivity contribution in [3.05, 3.63) is 93.9 Å². The Kier molecular flexibility index (Phi) is 6.61. The van der Waals surface area contributed by atoms with Gasteiger partial charge < -0.3 is 9.47 Å². The molecule has 31 heavy (non-hydrogen) atoms. The van der Waals surface area contributed by atoms with E-state index in [2.05, 4.69) is 0 Å². The summed E-state index contributed by atoms with van der Waals surface area (Å²) in [4.78, 5) is 15.1. The fraction of sp³-hybridized carbons (Fsp3) is 0.0833. The highest BCUT2D eigenvalue weighted by molar-refractivity contribution is 8.27. The Morgan fingerprint density at radius 2 is 1.77 bits per heavy atom. The first-order chi connectivity index (χ1) is 15.0. The first kappa shape index (κ1) is 21.4. The van der Waals surface area contributed by atoms with Crippen LogP contribution < -0.4 is 14.4 Å². The normalized spacial score (nSPS) is 14.9. The molecule has 3 aromatic carbocycles. The monoisotopic (exact) mass is 467 g/mol. The number of methoxy groups -OCH3 is 1. The first-order valence-electron chi connectivity index (χ1n) is 9.43. The first-order valence-corrected chi connectivity index (χ1v) is 11.0. The van der Waals surface area contributed by atoms with Gasteiger partial charge in [-0.3, -0.25) is 9.69 Å². The van der Waals surface area contributed by atoms with Gasteiger partial charge in [-0.05, 0) is 65.7 Å². The van der Waals surface area contributed by atoms with Crippen LogP contribution in [0, 0.1) is 0 Å². The van der Waals surface area contributed by atoms with E-state index in [1.165, 1.54) is 16.7 Å². The van der Waals surface area contributed by atoms with Crippen molar-refractivity contribution in [3.63, 3.8) is 0 Å². The summed E-state index contributed by atoms with van der Waals surface area (Å²) in [5.74, 6) is 1.29. The molecule has 0 radical (unpaired) electrons. The van der Waals surface area contributed by atoms with E-state index >= 15 is 0 Å². The Bertz CT molecular complexity index is 1140. The van der Waals surface area contributed by atoms with E-state index in [0.29, 0.717) is 32.3 Å². The number of nitrogens with zero attached hydrogens (tertiary/aromatic N) is 1. The number of carbonyl (C=O) groups excluding carboxylic acids is 1. The van der Waals surface area contributed by atoms with Gasteiger partial charge in [0.2, 0.25) is 0 Å². The minimum atomic E-state index is -0.146. The van der Waals surface area contributed by atoms with Crippen LogP contribution in [0.1, 0.15) is 11.1 Å². The van der Waals surface area contributed by atoms with E-state index in [4.69, 9.17) is 33.3 Å². The average Bonchev–Trinajstić information content (AvgIpc) is 3.06. The molecule has 1 heterocycles. The summed E-state index contributed by atoms with van der Waals surface area (Å²) < 4.78 is 11.6. The van der Waals surface area contributed by atoms with E-state index in [1.54, 1.807) is 19.2 Å². The zero-order chi connectivity index (χ0) is 21.8. The van der Waals surface area contributed by atoms with Gasteiger partial charge in [-0.15, -0.1) is 0 Å². The van der Waals surface area contributed by atoms with E-state index in [9.17, 15) is 4.79 Å². The summed E-state index contributed by atoms with van der Waals surface area (Å²) in [5.41, 5.74) is 2.60. The number of hydrogen-bond acceptors (Lipinski definition) is 5. The highest BCUT2D eigenvalue weighted by Crippen LogP contribution is 2.36. The maximum atomic E-state index is 13.0. The molecule has 0 spiro atoms. The molecule has 3 aromatic rings. The predicted molar refractivity (Wildman–Crippen MR) is 131 cm³/mol. The van der Waals surface area contributed by atoms with Crippen molar-refractivity contribution >= 4 is 57.6 Å². The van der Waals surface area contributed by atoms with Gasteiger partial charge in [-0.2, -0.15) is 0 Å². The third kappa shape index (κ3) is 5.10. The molecule has 0 aliphatic carbocycles. The number of amides is 1. The predicted octanol–water partition coefficient (Wildman–Crippen LogP) is 6.33. The molecule has 1 aliphatic heterocycles. The smallest absolute Gasteiger partial charge is 0.270 e. The number of rotatable bonds is 6. The molecule has 4 nitrogen and oxygen atoms in total. The van der Waals surface area contributed by atoms with Crippen LogP contribution in [0.5, 0.6) is 11.5 Å². The molecule has 0 atom stereocenters. The van der Waals surface area contributed by atoms with E-state index in [0.717, 1.165) is 16.9 Å². The average molecular weight is 468 g/mol. The van der Waals surface area contributed by atoms with E-state index < -0.39 is 0 Å². The summed E-state index contributed by atoms with van der Waals surface area (Å²) in [6.07, 6.45) is 1.83. The maximum Gasteiger partial charge on any atom is 0.270 e. The number of thioether (sulfide) groups is 1. The van der Waals surface area contributed by atoms with Crippen molar-refractivity contribution in [3.8, 4) is 11.5 Å². The standard InChI is InChI=1S/C24H18ClNO3S2/c1-28-20-11-9-19(10-12-20)26-23(27)22(31-24(26)30)14-17-3-2-4-21(13-17)29-15-16-5-7-18(25)8-6-16/h2-14H,15H2,1H3.